The first kappa shape index (κ1) is 19.3. The van der Waals surface area contributed by atoms with Crippen molar-refractivity contribution in [3.63, 3.8) is 0 Å². The van der Waals surface area contributed by atoms with Crippen molar-refractivity contribution in [3.8, 4) is 0 Å². The Balaban J connectivity index is 0.00000225. The molecular formula is C17H20Cl2N4O2. The minimum atomic E-state index is -0.359. The van der Waals surface area contributed by atoms with Gasteiger partial charge in [0.1, 0.15) is 5.69 Å². The average Bonchev–Trinajstić information content (AvgIpc) is 2.60. The largest absolute Gasteiger partial charge is 0.375 e. The highest BCUT2D eigenvalue weighted by atomic mass is 35.5. The van der Waals surface area contributed by atoms with Crippen molar-refractivity contribution in [2.24, 2.45) is 0 Å². The van der Waals surface area contributed by atoms with Crippen LogP contribution in [0.3, 0.4) is 0 Å². The lowest BCUT2D eigenvalue weighted by Crippen LogP contribution is -2.43. The zero-order valence-corrected chi connectivity index (χ0v) is 15.1. The number of halogens is 2. The Morgan fingerprint density at radius 1 is 1.20 bits per heavy atom. The number of hydrogen-bond acceptors (Lipinski definition) is 5. The van der Waals surface area contributed by atoms with Crippen molar-refractivity contribution in [2.45, 2.75) is 6.54 Å². The summed E-state index contributed by atoms with van der Waals surface area (Å²) in [6.45, 7) is 4.11. The number of nitrogens with one attached hydrogen (secondary N) is 2. The Morgan fingerprint density at radius 2 is 1.96 bits per heavy atom. The van der Waals surface area contributed by atoms with Crippen LogP contribution < -0.4 is 15.5 Å². The van der Waals surface area contributed by atoms with E-state index < -0.39 is 0 Å². The smallest absolute Gasteiger partial charge is 0.292 e. The molecule has 0 atom stereocenters. The van der Waals surface area contributed by atoms with E-state index in [1.807, 2.05) is 30.3 Å². The van der Waals surface area contributed by atoms with Gasteiger partial charge in [0, 0.05) is 49.5 Å². The lowest BCUT2D eigenvalue weighted by Gasteiger charge is -2.29. The summed E-state index contributed by atoms with van der Waals surface area (Å²) in [5.41, 5.74) is 2.58. The summed E-state index contributed by atoms with van der Waals surface area (Å²) >= 11 is 5.99. The summed E-state index contributed by atoms with van der Waals surface area (Å²) in [6, 6.07) is 12.7. The van der Waals surface area contributed by atoms with Crippen LogP contribution in [0, 0.1) is 10.1 Å². The lowest BCUT2D eigenvalue weighted by molar-refractivity contribution is -0.384. The minimum Gasteiger partial charge on any atom is -0.375 e. The highest BCUT2D eigenvalue weighted by Crippen LogP contribution is 2.30. The molecule has 0 aromatic heterocycles. The first-order valence-corrected chi connectivity index (χ1v) is 8.24. The average molecular weight is 383 g/mol. The monoisotopic (exact) mass is 382 g/mol. The molecule has 134 valence electrons. The third-order valence-corrected chi connectivity index (χ3v) is 4.27. The number of anilines is 2. The van der Waals surface area contributed by atoms with E-state index in [1.165, 1.54) is 0 Å². The van der Waals surface area contributed by atoms with E-state index in [0.29, 0.717) is 17.3 Å². The SMILES string of the molecule is Cl.O=[N+]([O-])c1ccc(N2CCNCC2)cc1NCc1cccc(Cl)c1. The first-order chi connectivity index (χ1) is 11.6. The molecule has 1 fully saturated rings. The summed E-state index contributed by atoms with van der Waals surface area (Å²) in [7, 11) is 0. The van der Waals surface area contributed by atoms with Gasteiger partial charge in [0.15, 0.2) is 0 Å². The Morgan fingerprint density at radius 3 is 2.64 bits per heavy atom. The normalized spacial score (nSPS) is 13.9. The van der Waals surface area contributed by atoms with Crippen LogP contribution in [0.4, 0.5) is 17.1 Å². The van der Waals surface area contributed by atoms with Gasteiger partial charge in [0.05, 0.1) is 4.92 Å². The van der Waals surface area contributed by atoms with Gasteiger partial charge >= 0.3 is 0 Å². The molecule has 0 bridgehead atoms. The van der Waals surface area contributed by atoms with E-state index in [2.05, 4.69) is 15.5 Å². The number of piperazine rings is 1. The van der Waals surface area contributed by atoms with E-state index in [-0.39, 0.29) is 23.0 Å². The molecule has 3 rings (SSSR count). The van der Waals surface area contributed by atoms with Crippen LogP contribution in [-0.4, -0.2) is 31.1 Å². The summed E-state index contributed by atoms with van der Waals surface area (Å²) in [6.07, 6.45) is 0. The number of benzene rings is 2. The van der Waals surface area contributed by atoms with Crippen molar-refractivity contribution in [1.82, 2.24) is 5.32 Å². The van der Waals surface area contributed by atoms with Crippen LogP contribution in [0.5, 0.6) is 0 Å². The predicted molar refractivity (Wildman–Crippen MR) is 104 cm³/mol. The number of nitrogens with zero attached hydrogens (tertiary/aromatic N) is 2. The van der Waals surface area contributed by atoms with E-state index >= 15 is 0 Å². The van der Waals surface area contributed by atoms with Gasteiger partial charge in [-0.05, 0) is 29.8 Å². The molecule has 0 spiro atoms. The highest BCUT2D eigenvalue weighted by Gasteiger charge is 2.17. The second kappa shape index (κ2) is 8.89. The van der Waals surface area contributed by atoms with Gasteiger partial charge in [-0.25, -0.2) is 0 Å². The van der Waals surface area contributed by atoms with Crippen molar-refractivity contribution >= 4 is 41.1 Å². The third-order valence-electron chi connectivity index (χ3n) is 4.03. The molecule has 2 aromatic carbocycles. The standard InChI is InChI=1S/C17H19ClN4O2.ClH/c18-14-3-1-2-13(10-14)12-20-16-11-15(4-5-17(16)22(23)24)21-8-6-19-7-9-21;/h1-5,10-11,19-20H,6-9,12H2;1H. The van der Waals surface area contributed by atoms with Crippen LogP contribution in [0.15, 0.2) is 42.5 Å². The molecule has 0 amide bonds. The van der Waals surface area contributed by atoms with Crippen LogP contribution >= 0.6 is 24.0 Å². The summed E-state index contributed by atoms with van der Waals surface area (Å²) < 4.78 is 0. The van der Waals surface area contributed by atoms with Crippen LogP contribution in [0.25, 0.3) is 0 Å². The molecule has 6 nitrogen and oxygen atoms in total. The van der Waals surface area contributed by atoms with Crippen molar-refractivity contribution in [3.05, 3.63) is 63.2 Å². The molecule has 0 aliphatic carbocycles. The molecule has 1 saturated heterocycles. The van der Waals surface area contributed by atoms with Crippen molar-refractivity contribution in [1.29, 1.82) is 0 Å². The Labute approximate surface area is 157 Å². The molecule has 0 saturated carbocycles. The van der Waals surface area contributed by atoms with Gasteiger partial charge in [0.25, 0.3) is 5.69 Å². The van der Waals surface area contributed by atoms with Gasteiger partial charge in [-0.2, -0.15) is 0 Å². The van der Waals surface area contributed by atoms with Gasteiger partial charge in [-0.1, -0.05) is 23.7 Å². The van der Waals surface area contributed by atoms with E-state index in [1.54, 1.807) is 12.1 Å². The highest BCUT2D eigenvalue weighted by molar-refractivity contribution is 6.30. The molecule has 25 heavy (non-hydrogen) atoms. The van der Waals surface area contributed by atoms with Gasteiger partial charge in [-0.3, -0.25) is 10.1 Å². The topological polar surface area (TPSA) is 70.4 Å². The second-order valence-electron chi connectivity index (χ2n) is 5.68. The maximum atomic E-state index is 11.3. The van der Waals surface area contributed by atoms with E-state index in [0.717, 1.165) is 37.4 Å². The lowest BCUT2D eigenvalue weighted by atomic mass is 10.2. The van der Waals surface area contributed by atoms with Crippen molar-refractivity contribution < 1.29 is 4.92 Å². The van der Waals surface area contributed by atoms with E-state index in [4.69, 9.17) is 11.6 Å². The Bertz CT molecular complexity index is 736. The zero-order chi connectivity index (χ0) is 16.9. The molecule has 1 aliphatic rings. The number of nitro benzene ring substituents is 1. The zero-order valence-electron chi connectivity index (χ0n) is 13.6. The Kier molecular flexibility index (Phi) is 6.87. The maximum Gasteiger partial charge on any atom is 0.292 e. The van der Waals surface area contributed by atoms with Gasteiger partial charge < -0.3 is 15.5 Å². The van der Waals surface area contributed by atoms with Crippen LogP contribution in [-0.2, 0) is 6.54 Å². The summed E-state index contributed by atoms with van der Waals surface area (Å²) in [4.78, 5) is 13.2. The fraction of sp³-hybridized carbons (Fsp3) is 0.294. The number of hydrogen-bond donors (Lipinski definition) is 2. The molecule has 2 aromatic rings. The van der Waals surface area contributed by atoms with Crippen molar-refractivity contribution in [2.75, 3.05) is 36.4 Å². The third kappa shape index (κ3) is 4.98. The molecule has 2 N–H and O–H groups in total. The second-order valence-corrected chi connectivity index (χ2v) is 6.12. The van der Waals surface area contributed by atoms with Gasteiger partial charge in [-0.15, -0.1) is 12.4 Å². The summed E-state index contributed by atoms with van der Waals surface area (Å²) in [5.74, 6) is 0. The molecule has 1 heterocycles. The quantitative estimate of drug-likeness (QED) is 0.609. The number of nitro groups is 1. The maximum absolute atomic E-state index is 11.3. The van der Waals surface area contributed by atoms with E-state index in [9.17, 15) is 10.1 Å². The van der Waals surface area contributed by atoms with Crippen LogP contribution in [0.2, 0.25) is 5.02 Å². The Hall–Kier alpha value is -2.02. The predicted octanol–water partition coefficient (Wildman–Crippen LogP) is 3.69. The number of rotatable bonds is 5. The molecule has 0 unspecified atom stereocenters. The molecular weight excluding hydrogens is 363 g/mol. The first-order valence-electron chi connectivity index (χ1n) is 7.86. The fourth-order valence-corrected chi connectivity index (χ4v) is 3.00. The minimum absolute atomic E-state index is 0. The molecule has 1 aliphatic heterocycles. The molecule has 8 heteroatoms. The van der Waals surface area contributed by atoms with Gasteiger partial charge in [0.2, 0.25) is 0 Å². The van der Waals surface area contributed by atoms with Crippen LogP contribution in [0.1, 0.15) is 5.56 Å². The fourth-order valence-electron chi connectivity index (χ4n) is 2.79. The summed E-state index contributed by atoms with van der Waals surface area (Å²) in [5, 5.41) is 18.4. The molecule has 0 radical (unpaired) electrons.